The van der Waals surface area contributed by atoms with E-state index in [2.05, 4.69) is 50.2 Å². The predicted octanol–water partition coefficient (Wildman–Crippen LogP) is 2.45. The zero-order chi connectivity index (χ0) is 14.4. The molecule has 108 valence electrons. The minimum atomic E-state index is 0.363. The minimum absolute atomic E-state index is 0.363. The highest BCUT2D eigenvalue weighted by molar-refractivity contribution is 5.39. The second-order valence-electron chi connectivity index (χ2n) is 5.41. The number of aryl methyl sites for hydroxylation is 3. The second kappa shape index (κ2) is 7.63. The number of ether oxygens (including phenoxy) is 1. The van der Waals surface area contributed by atoms with Gasteiger partial charge in [-0.05, 0) is 51.6 Å². The van der Waals surface area contributed by atoms with Crippen LogP contribution >= 0.6 is 0 Å². The summed E-state index contributed by atoms with van der Waals surface area (Å²) in [5.41, 5.74) is 5.51. The molecule has 1 N–H and O–H groups in total. The van der Waals surface area contributed by atoms with Gasteiger partial charge in [0.25, 0.3) is 0 Å². The Morgan fingerprint density at radius 1 is 1.21 bits per heavy atom. The van der Waals surface area contributed by atoms with Crippen molar-refractivity contribution < 1.29 is 4.74 Å². The number of benzene rings is 1. The van der Waals surface area contributed by atoms with Crippen molar-refractivity contribution in [3.8, 4) is 0 Å². The largest absolute Gasteiger partial charge is 0.383 e. The highest BCUT2D eigenvalue weighted by atomic mass is 16.5. The summed E-state index contributed by atoms with van der Waals surface area (Å²) in [6, 6.07) is 4.89. The lowest BCUT2D eigenvalue weighted by Crippen LogP contribution is -2.34. The number of likely N-dealkylation sites (N-methyl/N-ethyl adjacent to an activating group) is 2. The molecule has 0 saturated heterocycles. The lowest BCUT2D eigenvalue weighted by molar-refractivity contribution is 0.156. The van der Waals surface area contributed by atoms with Crippen molar-refractivity contribution in [2.75, 3.05) is 40.9 Å². The molecule has 0 fully saturated rings. The summed E-state index contributed by atoms with van der Waals surface area (Å²) in [6.45, 7) is 9.29. The molecule has 3 nitrogen and oxygen atoms in total. The Kier molecular flexibility index (Phi) is 6.49. The molecule has 0 saturated carbocycles. The topological polar surface area (TPSA) is 24.5 Å². The molecule has 3 heteroatoms. The zero-order valence-corrected chi connectivity index (χ0v) is 13.2. The molecule has 0 aromatic heterocycles. The van der Waals surface area contributed by atoms with Gasteiger partial charge in [0.05, 0.1) is 6.61 Å². The average Bonchev–Trinajstić information content (AvgIpc) is 2.33. The minimum Gasteiger partial charge on any atom is -0.383 e. The Labute approximate surface area is 118 Å². The number of nitrogens with one attached hydrogen (secondary N) is 1. The molecular weight excluding hydrogens is 236 g/mol. The smallest absolute Gasteiger partial charge is 0.0589 e. The van der Waals surface area contributed by atoms with E-state index in [4.69, 9.17) is 4.74 Å². The molecule has 19 heavy (non-hydrogen) atoms. The number of methoxy groups -OCH3 is 1. The highest BCUT2D eigenvalue weighted by Gasteiger charge is 2.16. The monoisotopic (exact) mass is 264 g/mol. The zero-order valence-electron chi connectivity index (χ0n) is 13.2. The summed E-state index contributed by atoms with van der Waals surface area (Å²) in [5.74, 6) is 0. The van der Waals surface area contributed by atoms with Crippen LogP contribution in [0.1, 0.15) is 28.3 Å². The third-order valence-corrected chi connectivity index (χ3v) is 3.61. The maximum absolute atomic E-state index is 5.13. The molecule has 0 aliphatic carbocycles. The second-order valence-corrected chi connectivity index (χ2v) is 5.41. The van der Waals surface area contributed by atoms with E-state index >= 15 is 0 Å². The Balaban J connectivity index is 2.85. The van der Waals surface area contributed by atoms with E-state index in [-0.39, 0.29) is 0 Å². The summed E-state index contributed by atoms with van der Waals surface area (Å²) < 4.78 is 5.13. The van der Waals surface area contributed by atoms with E-state index in [0.29, 0.717) is 6.04 Å². The Morgan fingerprint density at radius 2 is 1.79 bits per heavy atom. The van der Waals surface area contributed by atoms with Crippen molar-refractivity contribution in [1.29, 1.82) is 0 Å². The van der Waals surface area contributed by atoms with Crippen LogP contribution in [0.4, 0.5) is 0 Å². The number of hydrogen-bond acceptors (Lipinski definition) is 3. The van der Waals surface area contributed by atoms with Gasteiger partial charge in [-0.15, -0.1) is 0 Å². The average molecular weight is 264 g/mol. The maximum Gasteiger partial charge on any atom is 0.0589 e. The van der Waals surface area contributed by atoms with Crippen molar-refractivity contribution in [3.05, 3.63) is 34.4 Å². The first kappa shape index (κ1) is 16.2. The first-order chi connectivity index (χ1) is 8.99. The van der Waals surface area contributed by atoms with Crippen LogP contribution in [0.5, 0.6) is 0 Å². The summed E-state index contributed by atoms with van der Waals surface area (Å²) in [4.78, 5) is 2.31. The molecule has 0 heterocycles. The molecule has 1 aromatic carbocycles. The van der Waals surface area contributed by atoms with Crippen LogP contribution in [-0.4, -0.2) is 45.8 Å². The van der Waals surface area contributed by atoms with E-state index < -0.39 is 0 Å². The first-order valence-electron chi connectivity index (χ1n) is 6.92. The molecule has 1 aromatic rings. The lowest BCUT2D eigenvalue weighted by atomic mass is 9.94. The quantitative estimate of drug-likeness (QED) is 0.818. The van der Waals surface area contributed by atoms with Gasteiger partial charge in [-0.2, -0.15) is 0 Å². The van der Waals surface area contributed by atoms with E-state index in [1.807, 2.05) is 7.05 Å². The van der Waals surface area contributed by atoms with Crippen LogP contribution in [0.2, 0.25) is 0 Å². The standard InChI is InChI=1S/C16H28N2O/c1-12-9-13(2)16(14(3)10-12)15(17-4)11-18(5)7-8-19-6/h9-10,15,17H,7-8,11H2,1-6H3. The van der Waals surface area contributed by atoms with Gasteiger partial charge >= 0.3 is 0 Å². The Hall–Kier alpha value is -0.900. The molecule has 0 amide bonds. The van der Waals surface area contributed by atoms with Crippen LogP contribution in [-0.2, 0) is 4.74 Å². The SMILES string of the molecule is CNC(CN(C)CCOC)c1c(C)cc(C)cc1C. The summed E-state index contributed by atoms with van der Waals surface area (Å²) >= 11 is 0. The van der Waals surface area contributed by atoms with Gasteiger partial charge in [0.1, 0.15) is 0 Å². The van der Waals surface area contributed by atoms with Gasteiger partial charge in [0.2, 0.25) is 0 Å². The van der Waals surface area contributed by atoms with Crippen molar-refractivity contribution in [2.24, 2.45) is 0 Å². The highest BCUT2D eigenvalue weighted by Crippen LogP contribution is 2.24. The lowest BCUT2D eigenvalue weighted by Gasteiger charge is -2.26. The van der Waals surface area contributed by atoms with E-state index in [0.717, 1.165) is 19.7 Å². The van der Waals surface area contributed by atoms with Gasteiger partial charge in [0, 0.05) is 26.2 Å². The fourth-order valence-electron chi connectivity index (χ4n) is 2.72. The van der Waals surface area contributed by atoms with Gasteiger partial charge in [-0.25, -0.2) is 0 Å². The third kappa shape index (κ3) is 4.60. The molecule has 0 spiro atoms. The van der Waals surface area contributed by atoms with Gasteiger partial charge in [-0.1, -0.05) is 17.7 Å². The van der Waals surface area contributed by atoms with Crippen LogP contribution in [0.3, 0.4) is 0 Å². The first-order valence-corrected chi connectivity index (χ1v) is 6.92. The van der Waals surface area contributed by atoms with Crippen molar-refractivity contribution in [1.82, 2.24) is 10.2 Å². The van der Waals surface area contributed by atoms with Gasteiger partial charge in [0.15, 0.2) is 0 Å². The predicted molar refractivity (Wildman–Crippen MR) is 81.8 cm³/mol. The molecule has 0 aliphatic heterocycles. The van der Waals surface area contributed by atoms with E-state index in [9.17, 15) is 0 Å². The molecule has 0 aliphatic rings. The fourth-order valence-corrected chi connectivity index (χ4v) is 2.72. The molecule has 1 rings (SSSR count). The summed E-state index contributed by atoms with van der Waals surface area (Å²) in [6.07, 6.45) is 0. The third-order valence-electron chi connectivity index (χ3n) is 3.61. The Bertz CT molecular complexity index is 381. The van der Waals surface area contributed by atoms with Gasteiger partial charge in [-0.3, -0.25) is 0 Å². The number of hydrogen-bond donors (Lipinski definition) is 1. The molecule has 1 unspecified atom stereocenters. The Morgan fingerprint density at radius 3 is 2.26 bits per heavy atom. The normalized spacial score (nSPS) is 13.0. The van der Waals surface area contributed by atoms with Crippen LogP contribution in [0, 0.1) is 20.8 Å². The molecular formula is C16H28N2O. The van der Waals surface area contributed by atoms with Crippen molar-refractivity contribution in [3.63, 3.8) is 0 Å². The van der Waals surface area contributed by atoms with Gasteiger partial charge < -0.3 is 15.0 Å². The molecule has 0 radical (unpaired) electrons. The fraction of sp³-hybridized carbons (Fsp3) is 0.625. The van der Waals surface area contributed by atoms with Crippen LogP contribution < -0.4 is 5.32 Å². The van der Waals surface area contributed by atoms with Crippen molar-refractivity contribution in [2.45, 2.75) is 26.8 Å². The molecule has 0 bridgehead atoms. The van der Waals surface area contributed by atoms with Crippen molar-refractivity contribution >= 4 is 0 Å². The molecule has 1 atom stereocenters. The van der Waals surface area contributed by atoms with E-state index in [1.165, 1.54) is 22.3 Å². The summed E-state index contributed by atoms with van der Waals surface area (Å²) in [7, 11) is 5.92. The van der Waals surface area contributed by atoms with Crippen LogP contribution in [0.25, 0.3) is 0 Å². The number of nitrogens with zero attached hydrogens (tertiary/aromatic N) is 1. The van der Waals surface area contributed by atoms with E-state index in [1.54, 1.807) is 7.11 Å². The number of rotatable bonds is 7. The maximum atomic E-state index is 5.13. The van der Waals surface area contributed by atoms with Crippen LogP contribution in [0.15, 0.2) is 12.1 Å². The summed E-state index contributed by atoms with van der Waals surface area (Å²) in [5, 5.41) is 3.44.